The van der Waals surface area contributed by atoms with Crippen molar-refractivity contribution >= 4 is 11.9 Å². The summed E-state index contributed by atoms with van der Waals surface area (Å²) in [5.74, 6) is 0.767. The van der Waals surface area contributed by atoms with Crippen molar-refractivity contribution in [1.29, 1.82) is 0 Å². The van der Waals surface area contributed by atoms with Crippen LogP contribution in [0.1, 0.15) is 60.5 Å². The van der Waals surface area contributed by atoms with Crippen molar-refractivity contribution in [3.63, 3.8) is 0 Å². The van der Waals surface area contributed by atoms with Crippen LogP contribution in [0.5, 0.6) is 0 Å². The number of pyridine rings is 1. The molecule has 2 unspecified atom stereocenters. The van der Waals surface area contributed by atoms with Crippen molar-refractivity contribution in [3.05, 3.63) is 69.1 Å². The first kappa shape index (κ1) is 17.9. The third-order valence-electron chi connectivity index (χ3n) is 5.88. The number of fused-ring (bicyclic) bond motifs is 1. The molecule has 0 amide bonds. The number of rotatable bonds is 6. The van der Waals surface area contributed by atoms with E-state index in [0.717, 1.165) is 37.2 Å². The molecule has 1 aliphatic heterocycles. The summed E-state index contributed by atoms with van der Waals surface area (Å²) in [6.45, 7) is 2.07. The Morgan fingerprint density at radius 2 is 2.04 bits per heavy atom. The summed E-state index contributed by atoms with van der Waals surface area (Å²) in [6, 6.07) is 13.8. The van der Waals surface area contributed by atoms with E-state index in [1.165, 1.54) is 29.7 Å². The van der Waals surface area contributed by atoms with E-state index in [-0.39, 0.29) is 11.6 Å². The molecule has 2 heterocycles. The van der Waals surface area contributed by atoms with Gasteiger partial charge in [0.15, 0.2) is 0 Å². The van der Waals surface area contributed by atoms with Crippen LogP contribution in [-0.4, -0.2) is 16.9 Å². The lowest BCUT2D eigenvalue weighted by atomic mass is 9.90. The van der Waals surface area contributed by atoms with Gasteiger partial charge in [0, 0.05) is 17.3 Å². The summed E-state index contributed by atoms with van der Waals surface area (Å²) in [7, 11) is 0. The number of aromatic nitrogens is 1. The van der Waals surface area contributed by atoms with E-state index >= 15 is 0 Å². The van der Waals surface area contributed by atoms with Gasteiger partial charge in [0.1, 0.15) is 0 Å². The van der Waals surface area contributed by atoms with E-state index in [1.807, 2.05) is 6.07 Å². The van der Waals surface area contributed by atoms with Crippen LogP contribution < -0.4 is 10.3 Å². The molecule has 0 bridgehead atoms. The SMILES string of the molecule is CCc1ccc2n(c1=O)C(Cc1cccc(C3CC3)c1)C(NSC)CC2. The molecule has 2 atom stereocenters. The minimum atomic E-state index is 0.180. The molecule has 2 aromatic rings. The molecule has 1 saturated carbocycles. The number of nitrogens with one attached hydrogen (secondary N) is 1. The Labute approximate surface area is 160 Å². The molecule has 2 aliphatic rings. The summed E-state index contributed by atoms with van der Waals surface area (Å²) in [5, 5.41) is 0. The quantitative estimate of drug-likeness (QED) is 0.774. The molecule has 138 valence electrons. The van der Waals surface area contributed by atoms with Crippen molar-refractivity contribution in [2.45, 2.75) is 63.5 Å². The minimum absolute atomic E-state index is 0.180. The highest BCUT2D eigenvalue weighted by Gasteiger charge is 2.31. The predicted molar refractivity (Wildman–Crippen MR) is 110 cm³/mol. The maximum absolute atomic E-state index is 13.1. The normalized spacial score (nSPS) is 22.2. The Balaban J connectivity index is 1.71. The molecule has 4 heteroatoms. The van der Waals surface area contributed by atoms with Gasteiger partial charge in [-0.15, -0.1) is 0 Å². The largest absolute Gasteiger partial charge is 0.307 e. The van der Waals surface area contributed by atoms with E-state index in [4.69, 9.17) is 0 Å². The van der Waals surface area contributed by atoms with Gasteiger partial charge < -0.3 is 4.57 Å². The molecule has 3 nitrogen and oxygen atoms in total. The number of benzene rings is 1. The minimum Gasteiger partial charge on any atom is -0.307 e. The van der Waals surface area contributed by atoms with Gasteiger partial charge in [-0.1, -0.05) is 49.2 Å². The lowest BCUT2D eigenvalue weighted by Gasteiger charge is -2.36. The molecule has 0 saturated heterocycles. The zero-order valence-electron chi connectivity index (χ0n) is 15.7. The first-order valence-electron chi connectivity index (χ1n) is 9.82. The summed E-state index contributed by atoms with van der Waals surface area (Å²) in [6.07, 6.45) is 8.49. The summed E-state index contributed by atoms with van der Waals surface area (Å²) < 4.78 is 5.66. The Morgan fingerprint density at radius 1 is 1.19 bits per heavy atom. The van der Waals surface area contributed by atoms with Crippen LogP contribution in [0.25, 0.3) is 0 Å². The third-order valence-corrected chi connectivity index (χ3v) is 6.42. The van der Waals surface area contributed by atoms with E-state index in [2.05, 4.69) is 52.8 Å². The zero-order valence-corrected chi connectivity index (χ0v) is 16.5. The molecule has 1 aromatic carbocycles. The van der Waals surface area contributed by atoms with E-state index < -0.39 is 0 Å². The highest BCUT2D eigenvalue weighted by Crippen LogP contribution is 2.40. The van der Waals surface area contributed by atoms with Crippen molar-refractivity contribution in [2.24, 2.45) is 0 Å². The highest BCUT2D eigenvalue weighted by atomic mass is 32.2. The molecule has 0 spiro atoms. The van der Waals surface area contributed by atoms with Gasteiger partial charge in [0.25, 0.3) is 5.56 Å². The second-order valence-electron chi connectivity index (χ2n) is 7.64. The van der Waals surface area contributed by atoms with E-state index in [0.29, 0.717) is 6.04 Å². The average Bonchev–Trinajstić information content (AvgIpc) is 3.49. The zero-order chi connectivity index (χ0) is 18.1. The number of hydrogen-bond donors (Lipinski definition) is 1. The molecular weight excluding hydrogens is 340 g/mol. The van der Waals surface area contributed by atoms with Crippen LogP contribution in [0.4, 0.5) is 0 Å². The molecule has 0 radical (unpaired) electrons. The fourth-order valence-electron chi connectivity index (χ4n) is 4.30. The van der Waals surface area contributed by atoms with Crippen LogP contribution in [0.2, 0.25) is 0 Å². The second kappa shape index (κ2) is 7.61. The second-order valence-corrected chi connectivity index (χ2v) is 8.28. The standard InChI is InChI=1S/C22H28N2OS/c1-3-16-9-10-19-11-12-20(23-26-2)21(24(19)22(16)25)14-15-5-4-6-18(13-15)17-7-8-17/h4-6,9-10,13,17,20-21,23H,3,7-8,11-12,14H2,1-2H3. The molecular formula is C22H28N2OS. The number of aryl methyl sites for hydroxylation is 2. The fraction of sp³-hybridized carbons (Fsp3) is 0.500. The van der Waals surface area contributed by atoms with Gasteiger partial charge in [0.2, 0.25) is 0 Å². The highest BCUT2D eigenvalue weighted by molar-refractivity contribution is 7.96. The lowest BCUT2D eigenvalue weighted by molar-refractivity contribution is 0.320. The van der Waals surface area contributed by atoms with Crippen molar-refractivity contribution in [2.75, 3.05) is 6.26 Å². The van der Waals surface area contributed by atoms with Crippen LogP contribution in [0.3, 0.4) is 0 Å². The van der Waals surface area contributed by atoms with Gasteiger partial charge >= 0.3 is 0 Å². The van der Waals surface area contributed by atoms with E-state index in [9.17, 15) is 4.79 Å². The summed E-state index contributed by atoms with van der Waals surface area (Å²) in [4.78, 5) is 13.1. The first-order valence-corrected chi connectivity index (χ1v) is 11.0. The lowest BCUT2D eigenvalue weighted by Crippen LogP contribution is -2.45. The molecule has 1 N–H and O–H groups in total. The van der Waals surface area contributed by atoms with Gasteiger partial charge in [-0.05, 0) is 67.9 Å². The van der Waals surface area contributed by atoms with Crippen molar-refractivity contribution in [3.8, 4) is 0 Å². The Kier molecular flexibility index (Phi) is 5.23. The van der Waals surface area contributed by atoms with Gasteiger partial charge in [0.05, 0.1) is 6.04 Å². The molecule has 26 heavy (non-hydrogen) atoms. The Morgan fingerprint density at radius 3 is 2.77 bits per heavy atom. The maximum Gasteiger partial charge on any atom is 0.254 e. The molecule has 1 aliphatic carbocycles. The van der Waals surface area contributed by atoms with Crippen LogP contribution in [0.15, 0.2) is 41.2 Å². The average molecular weight is 369 g/mol. The molecule has 1 aromatic heterocycles. The van der Waals surface area contributed by atoms with Gasteiger partial charge in [-0.25, -0.2) is 0 Å². The Hall–Kier alpha value is -1.52. The van der Waals surface area contributed by atoms with Crippen molar-refractivity contribution in [1.82, 2.24) is 9.29 Å². The third kappa shape index (κ3) is 3.49. The smallest absolute Gasteiger partial charge is 0.254 e. The monoisotopic (exact) mass is 368 g/mol. The molecule has 1 fully saturated rings. The van der Waals surface area contributed by atoms with E-state index in [1.54, 1.807) is 11.9 Å². The first-order chi connectivity index (χ1) is 12.7. The van der Waals surface area contributed by atoms with Crippen molar-refractivity contribution < 1.29 is 0 Å². The van der Waals surface area contributed by atoms with Crippen LogP contribution in [0, 0.1) is 0 Å². The predicted octanol–water partition coefficient (Wildman–Crippen LogP) is 4.25. The summed E-state index contributed by atoms with van der Waals surface area (Å²) >= 11 is 1.67. The maximum atomic E-state index is 13.1. The van der Waals surface area contributed by atoms with Crippen LogP contribution >= 0.6 is 11.9 Å². The van der Waals surface area contributed by atoms with Gasteiger partial charge in [-0.3, -0.25) is 9.52 Å². The van der Waals surface area contributed by atoms with Crippen LogP contribution in [-0.2, 0) is 19.3 Å². The van der Waals surface area contributed by atoms with Gasteiger partial charge in [-0.2, -0.15) is 0 Å². The number of hydrogen-bond acceptors (Lipinski definition) is 3. The number of nitrogens with zero attached hydrogens (tertiary/aromatic N) is 1. The Bertz CT molecular complexity index is 840. The summed E-state index contributed by atoms with van der Waals surface area (Å²) in [5.41, 5.74) is 5.16. The fourth-order valence-corrected chi connectivity index (χ4v) is 4.88. The topological polar surface area (TPSA) is 34.0 Å². The molecule has 4 rings (SSSR count).